The van der Waals surface area contributed by atoms with E-state index < -0.39 is 0 Å². The van der Waals surface area contributed by atoms with Gasteiger partial charge in [0.15, 0.2) is 0 Å². The number of imidazole rings is 1. The van der Waals surface area contributed by atoms with Gasteiger partial charge in [-0.2, -0.15) is 0 Å². The van der Waals surface area contributed by atoms with Gasteiger partial charge >= 0.3 is 0 Å². The standard InChI is InChI=1S/C11H18N2/c1-2-3-4-10-5-6-11-12-7-8-13(11)9-10/h7-8,10H,2-6,9H2,1H3. The number of unbranched alkanes of at least 4 members (excludes halogenated alkanes) is 1. The lowest BCUT2D eigenvalue weighted by atomic mass is 9.94. The van der Waals surface area contributed by atoms with Gasteiger partial charge in [-0.05, 0) is 18.8 Å². The van der Waals surface area contributed by atoms with Gasteiger partial charge in [0.2, 0.25) is 0 Å². The van der Waals surface area contributed by atoms with Crippen LogP contribution in [0, 0.1) is 5.92 Å². The fraction of sp³-hybridized carbons (Fsp3) is 0.727. The molecule has 1 aliphatic heterocycles. The average Bonchev–Trinajstić information content (AvgIpc) is 2.61. The first kappa shape index (κ1) is 8.79. The maximum Gasteiger partial charge on any atom is 0.108 e. The Morgan fingerprint density at radius 2 is 2.54 bits per heavy atom. The zero-order chi connectivity index (χ0) is 9.10. The van der Waals surface area contributed by atoms with E-state index in [0.29, 0.717) is 0 Å². The van der Waals surface area contributed by atoms with Crippen LogP contribution in [-0.2, 0) is 13.0 Å². The van der Waals surface area contributed by atoms with Crippen LogP contribution in [0.1, 0.15) is 38.4 Å². The first-order valence-electron chi connectivity index (χ1n) is 5.40. The van der Waals surface area contributed by atoms with Crippen molar-refractivity contribution in [3.05, 3.63) is 18.2 Å². The summed E-state index contributed by atoms with van der Waals surface area (Å²) in [5.74, 6) is 2.19. The largest absolute Gasteiger partial charge is 0.335 e. The molecule has 1 unspecified atom stereocenters. The Labute approximate surface area is 80.0 Å². The van der Waals surface area contributed by atoms with Crippen LogP contribution in [0.5, 0.6) is 0 Å². The molecular weight excluding hydrogens is 160 g/mol. The highest BCUT2D eigenvalue weighted by Crippen LogP contribution is 2.22. The second-order valence-corrected chi connectivity index (χ2v) is 4.04. The highest BCUT2D eigenvalue weighted by Gasteiger charge is 2.17. The molecule has 0 saturated heterocycles. The predicted octanol–water partition coefficient (Wildman–Crippen LogP) is 2.64. The molecule has 0 amide bonds. The molecule has 0 aliphatic carbocycles. The molecule has 0 fully saturated rings. The monoisotopic (exact) mass is 178 g/mol. The van der Waals surface area contributed by atoms with Crippen molar-refractivity contribution < 1.29 is 0 Å². The molecule has 1 aromatic heterocycles. The van der Waals surface area contributed by atoms with Crippen LogP contribution in [-0.4, -0.2) is 9.55 Å². The maximum absolute atomic E-state index is 4.33. The molecule has 2 rings (SSSR count). The summed E-state index contributed by atoms with van der Waals surface area (Å²) in [6.45, 7) is 3.47. The fourth-order valence-corrected chi connectivity index (χ4v) is 2.17. The molecule has 0 aromatic carbocycles. The minimum absolute atomic E-state index is 0.904. The number of aryl methyl sites for hydroxylation is 1. The summed E-state index contributed by atoms with van der Waals surface area (Å²) in [5, 5.41) is 0. The molecular formula is C11H18N2. The van der Waals surface area contributed by atoms with E-state index >= 15 is 0 Å². The van der Waals surface area contributed by atoms with Crippen molar-refractivity contribution >= 4 is 0 Å². The lowest BCUT2D eigenvalue weighted by Gasteiger charge is -2.23. The van der Waals surface area contributed by atoms with Crippen LogP contribution in [0.4, 0.5) is 0 Å². The number of aromatic nitrogens is 2. The van der Waals surface area contributed by atoms with E-state index in [1.165, 1.54) is 44.5 Å². The molecule has 0 spiro atoms. The maximum atomic E-state index is 4.33. The SMILES string of the molecule is CCCCC1CCc2nccn2C1. The van der Waals surface area contributed by atoms with Crippen LogP contribution < -0.4 is 0 Å². The molecule has 1 aromatic rings. The number of hydrogen-bond donors (Lipinski definition) is 0. The Morgan fingerprint density at radius 1 is 1.62 bits per heavy atom. The molecule has 0 saturated carbocycles. The van der Waals surface area contributed by atoms with E-state index in [2.05, 4.69) is 22.7 Å². The smallest absolute Gasteiger partial charge is 0.108 e. The first-order valence-corrected chi connectivity index (χ1v) is 5.40. The van der Waals surface area contributed by atoms with E-state index in [9.17, 15) is 0 Å². The minimum atomic E-state index is 0.904. The van der Waals surface area contributed by atoms with Crippen molar-refractivity contribution in [3.63, 3.8) is 0 Å². The van der Waals surface area contributed by atoms with Crippen LogP contribution in [0.25, 0.3) is 0 Å². The molecule has 13 heavy (non-hydrogen) atoms. The first-order chi connectivity index (χ1) is 6.40. The summed E-state index contributed by atoms with van der Waals surface area (Å²) in [5.41, 5.74) is 0. The highest BCUT2D eigenvalue weighted by atomic mass is 15.1. The second kappa shape index (κ2) is 3.95. The quantitative estimate of drug-likeness (QED) is 0.695. The van der Waals surface area contributed by atoms with Crippen LogP contribution >= 0.6 is 0 Å². The van der Waals surface area contributed by atoms with Crippen molar-refractivity contribution in [2.75, 3.05) is 0 Å². The Bertz CT molecular complexity index is 265. The molecule has 1 atom stereocenters. The number of fused-ring (bicyclic) bond motifs is 1. The summed E-state index contributed by atoms with van der Waals surface area (Å²) in [6, 6.07) is 0. The summed E-state index contributed by atoms with van der Waals surface area (Å²) < 4.78 is 2.32. The van der Waals surface area contributed by atoms with Gasteiger partial charge in [-0.25, -0.2) is 4.98 Å². The normalized spacial score (nSPS) is 21.5. The number of hydrogen-bond acceptors (Lipinski definition) is 1. The molecule has 2 nitrogen and oxygen atoms in total. The molecule has 0 radical (unpaired) electrons. The van der Waals surface area contributed by atoms with Gasteiger partial charge in [-0.3, -0.25) is 0 Å². The molecule has 2 heteroatoms. The van der Waals surface area contributed by atoms with Gasteiger partial charge < -0.3 is 4.57 Å². The third-order valence-electron chi connectivity index (χ3n) is 3.00. The summed E-state index contributed by atoms with van der Waals surface area (Å²) in [7, 11) is 0. The Kier molecular flexibility index (Phi) is 2.67. The summed E-state index contributed by atoms with van der Waals surface area (Å²) in [4.78, 5) is 4.33. The lowest BCUT2D eigenvalue weighted by Crippen LogP contribution is -2.19. The summed E-state index contributed by atoms with van der Waals surface area (Å²) in [6.07, 6.45) is 10.7. The van der Waals surface area contributed by atoms with E-state index in [1.807, 2.05) is 6.20 Å². The predicted molar refractivity (Wildman–Crippen MR) is 53.6 cm³/mol. The second-order valence-electron chi connectivity index (χ2n) is 4.04. The summed E-state index contributed by atoms with van der Waals surface area (Å²) >= 11 is 0. The van der Waals surface area contributed by atoms with Crippen molar-refractivity contribution in [1.82, 2.24) is 9.55 Å². The molecule has 72 valence electrons. The van der Waals surface area contributed by atoms with E-state index in [4.69, 9.17) is 0 Å². The van der Waals surface area contributed by atoms with Crippen molar-refractivity contribution in [3.8, 4) is 0 Å². The topological polar surface area (TPSA) is 17.8 Å². The molecule has 2 heterocycles. The van der Waals surface area contributed by atoms with E-state index in [1.54, 1.807) is 0 Å². The molecule has 0 bridgehead atoms. The highest BCUT2D eigenvalue weighted by molar-refractivity contribution is 4.96. The van der Waals surface area contributed by atoms with Gasteiger partial charge in [-0.1, -0.05) is 19.8 Å². The average molecular weight is 178 g/mol. The number of rotatable bonds is 3. The van der Waals surface area contributed by atoms with E-state index in [0.717, 1.165) is 5.92 Å². The Morgan fingerprint density at radius 3 is 3.38 bits per heavy atom. The zero-order valence-electron chi connectivity index (χ0n) is 8.37. The third-order valence-corrected chi connectivity index (χ3v) is 3.00. The van der Waals surface area contributed by atoms with Gasteiger partial charge in [-0.15, -0.1) is 0 Å². The van der Waals surface area contributed by atoms with Crippen molar-refractivity contribution in [1.29, 1.82) is 0 Å². The lowest BCUT2D eigenvalue weighted by molar-refractivity contribution is 0.336. The van der Waals surface area contributed by atoms with Crippen LogP contribution in [0.15, 0.2) is 12.4 Å². The van der Waals surface area contributed by atoms with E-state index in [-0.39, 0.29) is 0 Å². The zero-order valence-corrected chi connectivity index (χ0v) is 8.37. The third kappa shape index (κ3) is 1.93. The fourth-order valence-electron chi connectivity index (χ4n) is 2.17. The molecule has 1 aliphatic rings. The number of nitrogens with zero attached hydrogens (tertiary/aromatic N) is 2. The van der Waals surface area contributed by atoms with Gasteiger partial charge in [0.1, 0.15) is 5.82 Å². The van der Waals surface area contributed by atoms with Gasteiger partial charge in [0, 0.05) is 25.4 Å². The van der Waals surface area contributed by atoms with Crippen LogP contribution in [0.2, 0.25) is 0 Å². The van der Waals surface area contributed by atoms with Crippen molar-refractivity contribution in [2.45, 2.75) is 45.6 Å². The Balaban J connectivity index is 1.93. The Hall–Kier alpha value is -0.790. The minimum Gasteiger partial charge on any atom is -0.335 e. The van der Waals surface area contributed by atoms with Crippen molar-refractivity contribution in [2.24, 2.45) is 5.92 Å². The van der Waals surface area contributed by atoms with Gasteiger partial charge in [0.05, 0.1) is 0 Å². The molecule has 0 N–H and O–H groups in total. The van der Waals surface area contributed by atoms with Crippen LogP contribution in [0.3, 0.4) is 0 Å². The van der Waals surface area contributed by atoms with Gasteiger partial charge in [0.25, 0.3) is 0 Å².